The first-order chi connectivity index (χ1) is 8.93. The number of halogens is 3. The van der Waals surface area contributed by atoms with E-state index in [-0.39, 0.29) is 6.04 Å². The second kappa shape index (κ2) is 5.81. The van der Waals surface area contributed by atoms with Gasteiger partial charge < -0.3 is 5.73 Å². The Morgan fingerprint density at radius 1 is 1.47 bits per heavy atom. The second-order valence-electron chi connectivity index (χ2n) is 5.09. The lowest BCUT2D eigenvalue weighted by atomic mass is 10.0. The smallest absolute Gasteiger partial charge is 0.326 e. The van der Waals surface area contributed by atoms with Crippen LogP contribution in [0.15, 0.2) is 16.8 Å². The van der Waals surface area contributed by atoms with E-state index < -0.39 is 18.3 Å². The minimum atomic E-state index is -4.27. The Kier molecular flexibility index (Phi) is 4.53. The molecule has 1 aromatic heterocycles. The summed E-state index contributed by atoms with van der Waals surface area (Å²) in [6.07, 6.45) is -2.26. The van der Waals surface area contributed by atoms with Crippen molar-refractivity contribution in [2.24, 2.45) is 5.73 Å². The number of alkyl halides is 3. The lowest BCUT2D eigenvalue weighted by Crippen LogP contribution is -2.56. The van der Waals surface area contributed by atoms with Crippen LogP contribution in [0, 0.1) is 0 Å². The van der Waals surface area contributed by atoms with Crippen LogP contribution in [-0.4, -0.2) is 29.2 Å². The van der Waals surface area contributed by atoms with Crippen molar-refractivity contribution in [1.82, 2.24) is 4.90 Å². The van der Waals surface area contributed by atoms with Crippen LogP contribution in [0.2, 0.25) is 0 Å². The fourth-order valence-electron chi connectivity index (χ4n) is 2.35. The SMILES string of the molecule is CCC(N)C(N(Cc1ccsc1)C1CC1)C(F)(F)F. The zero-order valence-electron chi connectivity index (χ0n) is 10.9. The van der Waals surface area contributed by atoms with Crippen LogP contribution < -0.4 is 5.73 Å². The number of nitrogens with zero attached hydrogens (tertiary/aromatic N) is 1. The van der Waals surface area contributed by atoms with Crippen molar-refractivity contribution in [2.45, 2.75) is 57.0 Å². The molecule has 2 atom stereocenters. The highest BCUT2D eigenvalue weighted by atomic mass is 32.1. The molecule has 108 valence electrons. The first-order valence-electron chi connectivity index (χ1n) is 6.52. The van der Waals surface area contributed by atoms with Crippen LogP contribution in [0.4, 0.5) is 13.2 Å². The van der Waals surface area contributed by atoms with E-state index in [0.717, 1.165) is 18.4 Å². The maximum absolute atomic E-state index is 13.3. The summed E-state index contributed by atoms with van der Waals surface area (Å²) in [6, 6.07) is -0.487. The first-order valence-corrected chi connectivity index (χ1v) is 7.47. The van der Waals surface area contributed by atoms with Crippen LogP contribution in [0.5, 0.6) is 0 Å². The fourth-order valence-corrected chi connectivity index (χ4v) is 3.01. The van der Waals surface area contributed by atoms with E-state index in [1.54, 1.807) is 11.8 Å². The lowest BCUT2D eigenvalue weighted by molar-refractivity contribution is -0.193. The molecular formula is C13H19F3N2S. The van der Waals surface area contributed by atoms with Crippen molar-refractivity contribution in [1.29, 1.82) is 0 Å². The first kappa shape index (κ1) is 14.8. The van der Waals surface area contributed by atoms with Gasteiger partial charge in [0.05, 0.1) is 0 Å². The van der Waals surface area contributed by atoms with Crippen molar-refractivity contribution < 1.29 is 13.2 Å². The number of hydrogen-bond acceptors (Lipinski definition) is 3. The number of hydrogen-bond donors (Lipinski definition) is 1. The molecule has 0 amide bonds. The Hall–Kier alpha value is -0.590. The summed E-state index contributed by atoms with van der Waals surface area (Å²) in [6.45, 7) is 2.05. The van der Waals surface area contributed by atoms with Crippen LogP contribution in [0.3, 0.4) is 0 Å². The molecule has 1 aromatic rings. The summed E-state index contributed by atoms with van der Waals surface area (Å²) in [7, 11) is 0. The van der Waals surface area contributed by atoms with Crippen molar-refractivity contribution >= 4 is 11.3 Å². The zero-order valence-corrected chi connectivity index (χ0v) is 11.7. The van der Waals surface area contributed by atoms with E-state index in [1.807, 2.05) is 16.8 Å². The molecule has 1 heterocycles. The van der Waals surface area contributed by atoms with Gasteiger partial charge in [-0.2, -0.15) is 24.5 Å². The average molecular weight is 292 g/mol. The zero-order chi connectivity index (χ0) is 14.0. The summed E-state index contributed by atoms with van der Waals surface area (Å²) < 4.78 is 39.9. The lowest BCUT2D eigenvalue weighted by Gasteiger charge is -2.36. The Morgan fingerprint density at radius 2 is 2.16 bits per heavy atom. The van der Waals surface area contributed by atoms with E-state index in [4.69, 9.17) is 5.73 Å². The van der Waals surface area contributed by atoms with Crippen LogP contribution in [0.25, 0.3) is 0 Å². The molecule has 2 rings (SSSR count). The molecule has 0 spiro atoms. The van der Waals surface area contributed by atoms with E-state index in [2.05, 4.69) is 0 Å². The maximum Gasteiger partial charge on any atom is 0.405 e. The molecule has 1 aliphatic rings. The Labute approximate surface area is 115 Å². The monoisotopic (exact) mass is 292 g/mol. The van der Waals surface area contributed by atoms with Gasteiger partial charge in [0, 0.05) is 18.6 Å². The van der Waals surface area contributed by atoms with Crippen molar-refractivity contribution in [2.75, 3.05) is 0 Å². The highest BCUT2D eigenvalue weighted by Gasteiger charge is 2.50. The molecular weight excluding hydrogens is 273 g/mol. The molecule has 19 heavy (non-hydrogen) atoms. The predicted molar refractivity (Wildman–Crippen MR) is 71.0 cm³/mol. The molecule has 2 unspecified atom stereocenters. The van der Waals surface area contributed by atoms with E-state index >= 15 is 0 Å². The van der Waals surface area contributed by atoms with Crippen LogP contribution >= 0.6 is 11.3 Å². The van der Waals surface area contributed by atoms with Gasteiger partial charge in [0.1, 0.15) is 6.04 Å². The number of rotatable bonds is 6. The van der Waals surface area contributed by atoms with Gasteiger partial charge in [-0.1, -0.05) is 6.92 Å². The summed E-state index contributed by atoms with van der Waals surface area (Å²) >= 11 is 1.51. The third-order valence-corrected chi connectivity index (χ3v) is 4.26. The van der Waals surface area contributed by atoms with Gasteiger partial charge in [-0.05, 0) is 41.7 Å². The summed E-state index contributed by atoms with van der Waals surface area (Å²) in [5.74, 6) is 0. The molecule has 0 saturated heterocycles. The molecule has 0 radical (unpaired) electrons. The van der Waals surface area contributed by atoms with Crippen molar-refractivity contribution in [3.8, 4) is 0 Å². The number of nitrogens with two attached hydrogens (primary N) is 1. The quantitative estimate of drug-likeness (QED) is 0.871. The molecule has 0 bridgehead atoms. The Balaban J connectivity index is 2.19. The highest BCUT2D eigenvalue weighted by Crippen LogP contribution is 2.37. The van der Waals surface area contributed by atoms with E-state index in [1.165, 1.54) is 11.3 Å². The molecule has 0 aliphatic heterocycles. The third kappa shape index (κ3) is 3.70. The maximum atomic E-state index is 13.3. The molecule has 6 heteroatoms. The highest BCUT2D eigenvalue weighted by molar-refractivity contribution is 7.07. The second-order valence-corrected chi connectivity index (χ2v) is 5.87. The molecule has 1 aliphatic carbocycles. The van der Waals surface area contributed by atoms with Gasteiger partial charge in [-0.15, -0.1) is 0 Å². The van der Waals surface area contributed by atoms with E-state index in [0.29, 0.717) is 13.0 Å². The third-order valence-electron chi connectivity index (χ3n) is 3.53. The Morgan fingerprint density at radius 3 is 2.58 bits per heavy atom. The normalized spacial score (nSPS) is 19.7. The minimum absolute atomic E-state index is 0.0316. The molecule has 2 nitrogen and oxygen atoms in total. The Bertz CT molecular complexity index is 387. The molecule has 2 N–H and O–H groups in total. The topological polar surface area (TPSA) is 29.3 Å². The van der Waals surface area contributed by atoms with Gasteiger partial charge in [-0.3, -0.25) is 4.90 Å². The number of thiophene rings is 1. The van der Waals surface area contributed by atoms with Crippen LogP contribution in [-0.2, 0) is 6.54 Å². The van der Waals surface area contributed by atoms with Gasteiger partial charge in [-0.25, -0.2) is 0 Å². The van der Waals surface area contributed by atoms with Gasteiger partial charge in [0.2, 0.25) is 0 Å². The summed E-state index contributed by atoms with van der Waals surface area (Å²) in [5.41, 5.74) is 6.68. The van der Waals surface area contributed by atoms with Gasteiger partial charge in [0.25, 0.3) is 0 Å². The molecule has 1 fully saturated rings. The molecule has 1 saturated carbocycles. The standard InChI is InChI=1S/C13H19F3N2S/c1-2-11(17)12(13(14,15)16)18(10-3-4-10)7-9-5-6-19-8-9/h5-6,8,10-12H,2-4,7,17H2,1H3. The summed E-state index contributed by atoms with van der Waals surface area (Å²) in [5, 5.41) is 3.79. The molecule has 0 aromatic carbocycles. The van der Waals surface area contributed by atoms with Crippen molar-refractivity contribution in [3.05, 3.63) is 22.4 Å². The van der Waals surface area contributed by atoms with Gasteiger partial charge >= 0.3 is 6.18 Å². The largest absolute Gasteiger partial charge is 0.405 e. The van der Waals surface area contributed by atoms with Gasteiger partial charge in [0.15, 0.2) is 0 Å². The van der Waals surface area contributed by atoms with Crippen molar-refractivity contribution in [3.63, 3.8) is 0 Å². The van der Waals surface area contributed by atoms with Crippen LogP contribution in [0.1, 0.15) is 31.7 Å². The average Bonchev–Trinajstić information content (AvgIpc) is 3.05. The fraction of sp³-hybridized carbons (Fsp3) is 0.692. The summed E-state index contributed by atoms with van der Waals surface area (Å²) in [4.78, 5) is 1.55. The van der Waals surface area contributed by atoms with E-state index in [9.17, 15) is 13.2 Å². The minimum Gasteiger partial charge on any atom is -0.326 e. The predicted octanol–water partition coefficient (Wildman–Crippen LogP) is 3.38.